The highest BCUT2D eigenvalue weighted by atomic mass is 35.5. The molecule has 0 saturated carbocycles. The topological polar surface area (TPSA) is 66.5 Å². The molecule has 8 heteroatoms. The van der Waals surface area contributed by atoms with Gasteiger partial charge in [-0.3, -0.25) is 9.10 Å². The molecule has 0 aliphatic rings. The number of halogens is 1. The largest absolute Gasteiger partial charge is 0.353 e. The van der Waals surface area contributed by atoms with Gasteiger partial charge in [-0.25, -0.2) is 8.42 Å². The number of sulfonamides is 1. The smallest absolute Gasteiger partial charge is 0.243 e. The second kappa shape index (κ2) is 10.7. The molecule has 0 saturated heterocycles. The highest BCUT2D eigenvalue weighted by molar-refractivity contribution is 7.98. The van der Waals surface area contributed by atoms with Crippen molar-refractivity contribution >= 4 is 45.0 Å². The van der Waals surface area contributed by atoms with Crippen molar-refractivity contribution in [1.29, 1.82) is 0 Å². The van der Waals surface area contributed by atoms with E-state index < -0.39 is 16.1 Å². The minimum atomic E-state index is -3.63. The molecular formula is C20H25ClN2O3S2. The van der Waals surface area contributed by atoms with Crippen molar-refractivity contribution in [2.24, 2.45) is 0 Å². The zero-order valence-electron chi connectivity index (χ0n) is 16.0. The molecule has 1 N–H and O–H groups in total. The summed E-state index contributed by atoms with van der Waals surface area (Å²) in [5.41, 5.74) is 1.66. The molecule has 0 aliphatic heterocycles. The number of nitrogens with one attached hydrogen (secondary N) is 1. The third-order valence-corrected chi connectivity index (χ3v) is 6.53. The Morgan fingerprint density at radius 1 is 1.14 bits per heavy atom. The summed E-state index contributed by atoms with van der Waals surface area (Å²) in [6, 6.07) is 15.7. The Labute approximate surface area is 176 Å². The van der Waals surface area contributed by atoms with Crippen molar-refractivity contribution < 1.29 is 13.2 Å². The molecule has 0 heterocycles. The average Bonchev–Trinajstić information content (AvgIpc) is 2.66. The zero-order valence-corrected chi connectivity index (χ0v) is 18.4. The number of nitrogens with zero attached hydrogens (tertiary/aromatic N) is 1. The Morgan fingerprint density at radius 2 is 1.79 bits per heavy atom. The van der Waals surface area contributed by atoms with Gasteiger partial charge in [-0.2, -0.15) is 11.8 Å². The standard InChI is InChI=1S/C20H25ClN2O3S2/c1-3-19(23(28(2,25)26)18-11-9-17(21)10-12-18)20(24)22-13-14-27-15-16-7-5-4-6-8-16/h4-12,19H,3,13-15H2,1-2H3,(H,22,24)/t19-/m1/s1. The molecule has 0 fully saturated rings. The second-order valence-electron chi connectivity index (χ2n) is 6.29. The Balaban J connectivity index is 1.96. The molecule has 0 aromatic heterocycles. The van der Waals surface area contributed by atoms with Crippen LogP contribution in [0.4, 0.5) is 5.69 Å². The fourth-order valence-electron chi connectivity index (χ4n) is 2.78. The number of benzene rings is 2. The highest BCUT2D eigenvalue weighted by Gasteiger charge is 2.31. The monoisotopic (exact) mass is 440 g/mol. The minimum Gasteiger partial charge on any atom is -0.353 e. The van der Waals surface area contributed by atoms with Gasteiger partial charge in [-0.05, 0) is 36.2 Å². The van der Waals surface area contributed by atoms with Gasteiger partial charge >= 0.3 is 0 Å². The predicted octanol–water partition coefficient (Wildman–Crippen LogP) is 3.93. The lowest BCUT2D eigenvalue weighted by Crippen LogP contribution is -2.49. The maximum atomic E-state index is 12.7. The van der Waals surface area contributed by atoms with E-state index in [1.165, 1.54) is 5.56 Å². The van der Waals surface area contributed by atoms with E-state index in [1.54, 1.807) is 43.0 Å². The highest BCUT2D eigenvalue weighted by Crippen LogP contribution is 2.24. The lowest BCUT2D eigenvalue weighted by atomic mass is 10.2. The van der Waals surface area contributed by atoms with Gasteiger partial charge in [0.25, 0.3) is 0 Å². The van der Waals surface area contributed by atoms with Crippen molar-refractivity contribution in [3.63, 3.8) is 0 Å². The van der Waals surface area contributed by atoms with E-state index in [9.17, 15) is 13.2 Å². The van der Waals surface area contributed by atoms with Crippen LogP contribution in [-0.4, -0.2) is 38.9 Å². The molecule has 0 radical (unpaired) electrons. The van der Waals surface area contributed by atoms with E-state index in [1.807, 2.05) is 18.2 Å². The average molecular weight is 441 g/mol. The first kappa shape index (κ1) is 22.6. The quantitative estimate of drug-likeness (QED) is 0.568. The van der Waals surface area contributed by atoms with Gasteiger partial charge in [0.1, 0.15) is 6.04 Å². The van der Waals surface area contributed by atoms with Crippen LogP contribution in [0.5, 0.6) is 0 Å². The van der Waals surface area contributed by atoms with E-state index >= 15 is 0 Å². The van der Waals surface area contributed by atoms with Gasteiger partial charge in [0, 0.05) is 23.1 Å². The fraction of sp³-hybridized carbons (Fsp3) is 0.350. The lowest BCUT2D eigenvalue weighted by molar-refractivity contribution is -0.122. The number of hydrogen-bond donors (Lipinski definition) is 1. The molecule has 2 aromatic rings. The summed E-state index contributed by atoms with van der Waals surface area (Å²) >= 11 is 7.62. The molecule has 0 bridgehead atoms. The number of amides is 1. The molecule has 28 heavy (non-hydrogen) atoms. The van der Waals surface area contributed by atoms with Crippen LogP contribution in [0.25, 0.3) is 0 Å². The number of anilines is 1. The summed E-state index contributed by atoms with van der Waals surface area (Å²) in [4.78, 5) is 12.7. The van der Waals surface area contributed by atoms with Crippen molar-refractivity contribution in [1.82, 2.24) is 5.32 Å². The van der Waals surface area contributed by atoms with Crippen LogP contribution in [-0.2, 0) is 20.6 Å². The van der Waals surface area contributed by atoms with Gasteiger partial charge in [0.2, 0.25) is 15.9 Å². The molecule has 2 rings (SSSR count). The molecule has 1 atom stereocenters. The molecular weight excluding hydrogens is 416 g/mol. The number of thioether (sulfide) groups is 1. The van der Waals surface area contributed by atoms with Crippen molar-refractivity contribution in [2.75, 3.05) is 22.9 Å². The summed E-state index contributed by atoms with van der Waals surface area (Å²) in [6.45, 7) is 2.27. The molecule has 152 valence electrons. The van der Waals surface area contributed by atoms with Crippen LogP contribution < -0.4 is 9.62 Å². The molecule has 0 aliphatic carbocycles. The van der Waals surface area contributed by atoms with Gasteiger partial charge in [-0.1, -0.05) is 48.9 Å². The van der Waals surface area contributed by atoms with Crippen molar-refractivity contribution in [3.8, 4) is 0 Å². The maximum Gasteiger partial charge on any atom is 0.243 e. The van der Waals surface area contributed by atoms with Crippen LogP contribution in [0.2, 0.25) is 5.02 Å². The fourth-order valence-corrected chi connectivity index (χ4v) is 4.93. The Kier molecular flexibility index (Phi) is 8.66. The second-order valence-corrected chi connectivity index (χ2v) is 9.69. The van der Waals surface area contributed by atoms with E-state index in [0.717, 1.165) is 22.1 Å². The Hall–Kier alpha value is -1.70. The summed E-state index contributed by atoms with van der Waals surface area (Å²) in [5.74, 6) is 1.31. The lowest BCUT2D eigenvalue weighted by Gasteiger charge is -2.30. The third kappa shape index (κ3) is 6.72. The van der Waals surface area contributed by atoms with Crippen molar-refractivity contribution in [3.05, 3.63) is 65.2 Å². The van der Waals surface area contributed by atoms with Gasteiger partial charge in [0.05, 0.1) is 11.9 Å². The first-order chi connectivity index (χ1) is 13.3. The zero-order chi connectivity index (χ0) is 20.6. The molecule has 2 aromatic carbocycles. The van der Waals surface area contributed by atoms with Gasteiger partial charge < -0.3 is 5.32 Å². The first-order valence-electron chi connectivity index (χ1n) is 8.97. The summed E-state index contributed by atoms with van der Waals surface area (Å²) in [5, 5.41) is 3.37. The van der Waals surface area contributed by atoms with E-state index in [2.05, 4.69) is 17.4 Å². The third-order valence-electron chi connectivity index (χ3n) is 4.07. The van der Waals surface area contributed by atoms with Gasteiger partial charge in [0.15, 0.2) is 0 Å². The van der Waals surface area contributed by atoms with Crippen LogP contribution in [0, 0.1) is 0 Å². The molecule has 0 unspecified atom stereocenters. The van der Waals surface area contributed by atoms with Crippen LogP contribution >= 0.6 is 23.4 Å². The SMILES string of the molecule is CC[C@H](C(=O)NCCSCc1ccccc1)N(c1ccc(Cl)cc1)S(C)(=O)=O. The Morgan fingerprint density at radius 3 is 2.36 bits per heavy atom. The Bertz CT molecular complexity index is 859. The summed E-state index contributed by atoms with van der Waals surface area (Å²) < 4.78 is 25.9. The van der Waals surface area contributed by atoms with Crippen LogP contribution in [0.15, 0.2) is 54.6 Å². The van der Waals surface area contributed by atoms with Crippen LogP contribution in [0.3, 0.4) is 0 Å². The molecule has 0 spiro atoms. The molecule has 1 amide bonds. The van der Waals surface area contributed by atoms with Crippen molar-refractivity contribution in [2.45, 2.75) is 25.1 Å². The first-order valence-corrected chi connectivity index (χ1v) is 12.4. The number of carbonyl (C=O) groups excluding carboxylic acids is 1. The number of rotatable bonds is 10. The van der Waals surface area contributed by atoms with E-state index in [-0.39, 0.29) is 5.91 Å². The van der Waals surface area contributed by atoms with Crippen LogP contribution in [0.1, 0.15) is 18.9 Å². The van der Waals surface area contributed by atoms with Gasteiger partial charge in [-0.15, -0.1) is 0 Å². The maximum absolute atomic E-state index is 12.7. The number of carbonyl (C=O) groups is 1. The summed E-state index contributed by atoms with van der Waals surface area (Å²) in [7, 11) is -3.63. The predicted molar refractivity (Wildman–Crippen MR) is 118 cm³/mol. The normalized spacial score (nSPS) is 12.4. The molecule has 5 nitrogen and oxygen atoms in total. The van der Waals surface area contributed by atoms with E-state index in [0.29, 0.717) is 23.7 Å². The number of hydrogen-bond acceptors (Lipinski definition) is 4. The van der Waals surface area contributed by atoms with E-state index in [4.69, 9.17) is 11.6 Å². The summed E-state index contributed by atoms with van der Waals surface area (Å²) in [6.07, 6.45) is 1.46. The minimum absolute atomic E-state index is 0.303.